The Morgan fingerprint density at radius 3 is 2.26 bits per heavy atom. The number of likely N-dealkylation sites (tertiary alicyclic amines) is 1. The lowest BCUT2D eigenvalue weighted by Gasteiger charge is -2.38. The van der Waals surface area contributed by atoms with Crippen molar-refractivity contribution in [3.05, 3.63) is 70.2 Å². The van der Waals surface area contributed by atoms with Crippen LogP contribution in [0.4, 0.5) is 0 Å². The third-order valence-electron chi connectivity index (χ3n) is 4.53. The number of benzene rings is 2. The summed E-state index contributed by atoms with van der Waals surface area (Å²) in [6.07, 6.45) is 1.31. The molecule has 1 heterocycles. The van der Waals surface area contributed by atoms with Crippen molar-refractivity contribution in [3.8, 4) is 0 Å². The zero-order valence-electron chi connectivity index (χ0n) is 12.9. The molecule has 0 atom stereocenters. The van der Waals surface area contributed by atoms with Crippen LogP contribution in [0, 0.1) is 0 Å². The van der Waals surface area contributed by atoms with Crippen LogP contribution in [0.25, 0.3) is 0 Å². The molecule has 2 aromatic rings. The van der Waals surface area contributed by atoms with Gasteiger partial charge in [-0.05, 0) is 30.5 Å². The molecule has 3 rings (SSSR count). The van der Waals surface area contributed by atoms with Gasteiger partial charge in [0.25, 0.3) is 0 Å². The molecule has 0 radical (unpaired) electrons. The van der Waals surface area contributed by atoms with Crippen molar-refractivity contribution in [3.63, 3.8) is 0 Å². The Hall–Kier alpha value is -1.49. The molecule has 0 saturated carbocycles. The molecule has 1 saturated heterocycles. The fraction of sp³-hybridized carbons (Fsp3) is 0.316. The second-order valence-corrected chi connectivity index (χ2v) is 7.02. The quantitative estimate of drug-likeness (QED) is 0.832. The van der Waals surface area contributed by atoms with E-state index in [1.54, 1.807) is 0 Å². The first-order valence-electron chi connectivity index (χ1n) is 7.86. The van der Waals surface area contributed by atoms with Crippen LogP contribution in [-0.4, -0.2) is 35.4 Å². The third kappa shape index (κ3) is 3.89. The van der Waals surface area contributed by atoms with E-state index in [-0.39, 0.29) is 5.78 Å². The molecule has 1 aliphatic rings. The molecule has 0 unspecified atom stereocenters. The van der Waals surface area contributed by atoms with E-state index in [9.17, 15) is 9.90 Å². The zero-order chi connectivity index (χ0) is 16.3. The number of rotatable bonds is 4. The van der Waals surface area contributed by atoms with Crippen molar-refractivity contribution in [1.82, 2.24) is 4.90 Å². The molecular formula is C19H20BrNO2. The van der Waals surface area contributed by atoms with Crippen LogP contribution < -0.4 is 0 Å². The first-order chi connectivity index (χ1) is 11.1. The van der Waals surface area contributed by atoms with Gasteiger partial charge in [-0.25, -0.2) is 0 Å². The largest absolute Gasteiger partial charge is 0.385 e. The molecule has 0 bridgehead atoms. The molecule has 0 aliphatic carbocycles. The number of aliphatic hydroxyl groups is 1. The molecule has 120 valence electrons. The summed E-state index contributed by atoms with van der Waals surface area (Å²) in [5, 5.41) is 10.8. The van der Waals surface area contributed by atoms with Gasteiger partial charge < -0.3 is 5.11 Å². The van der Waals surface area contributed by atoms with E-state index in [0.717, 1.165) is 28.7 Å². The van der Waals surface area contributed by atoms with E-state index >= 15 is 0 Å². The Labute approximate surface area is 145 Å². The number of Topliss-reactive ketones (excluding diaryl/α,β-unsaturated/α-hetero) is 1. The van der Waals surface area contributed by atoms with Gasteiger partial charge in [0.05, 0.1) is 12.1 Å². The average Bonchev–Trinajstić information content (AvgIpc) is 2.58. The molecule has 1 fully saturated rings. The molecule has 1 N–H and O–H groups in total. The van der Waals surface area contributed by atoms with Crippen molar-refractivity contribution in [2.24, 2.45) is 0 Å². The Bertz CT molecular complexity index is 662. The fourth-order valence-corrected chi connectivity index (χ4v) is 3.31. The van der Waals surface area contributed by atoms with Gasteiger partial charge in [-0.3, -0.25) is 9.69 Å². The summed E-state index contributed by atoms with van der Waals surface area (Å²) in [6.45, 7) is 1.87. The minimum absolute atomic E-state index is 0.127. The van der Waals surface area contributed by atoms with Gasteiger partial charge in [-0.2, -0.15) is 0 Å². The minimum atomic E-state index is -0.765. The van der Waals surface area contributed by atoms with E-state index in [1.807, 2.05) is 54.6 Å². The highest BCUT2D eigenvalue weighted by molar-refractivity contribution is 9.10. The summed E-state index contributed by atoms with van der Waals surface area (Å²) in [5.41, 5.74) is 0.939. The Kier molecular flexibility index (Phi) is 4.95. The van der Waals surface area contributed by atoms with Crippen LogP contribution >= 0.6 is 15.9 Å². The van der Waals surface area contributed by atoms with Crippen LogP contribution in [0.2, 0.25) is 0 Å². The van der Waals surface area contributed by atoms with E-state index < -0.39 is 5.60 Å². The van der Waals surface area contributed by atoms with Crippen molar-refractivity contribution in [1.29, 1.82) is 0 Å². The maximum Gasteiger partial charge on any atom is 0.176 e. The minimum Gasteiger partial charge on any atom is -0.385 e. The lowest BCUT2D eigenvalue weighted by molar-refractivity contribution is -0.0245. The second-order valence-electron chi connectivity index (χ2n) is 6.10. The van der Waals surface area contributed by atoms with Crippen LogP contribution in [-0.2, 0) is 5.60 Å². The Morgan fingerprint density at radius 2 is 1.65 bits per heavy atom. The lowest BCUT2D eigenvalue weighted by atomic mass is 9.84. The highest BCUT2D eigenvalue weighted by Crippen LogP contribution is 2.32. The number of ketones is 1. The standard InChI is InChI=1S/C19H20BrNO2/c20-17-8-6-15(7-9-17)18(22)14-21-12-10-19(23,11-13-21)16-4-2-1-3-5-16/h1-9,23H,10-14H2. The normalized spacial score (nSPS) is 17.8. The first kappa shape index (κ1) is 16.4. The molecule has 0 spiro atoms. The predicted molar refractivity (Wildman–Crippen MR) is 94.5 cm³/mol. The van der Waals surface area contributed by atoms with Crippen molar-refractivity contribution >= 4 is 21.7 Å². The number of hydrogen-bond acceptors (Lipinski definition) is 3. The SMILES string of the molecule is O=C(CN1CCC(O)(c2ccccc2)CC1)c1ccc(Br)cc1. The number of carbonyl (C=O) groups is 1. The monoisotopic (exact) mass is 373 g/mol. The first-order valence-corrected chi connectivity index (χ1v) is 8.65. The molecule has 0 aromatic heterocycles. The molecule has 1 aliphatic heterocycles. The molecular weight excluding hydrogens is 354 g/mol. The van der Waals surface area contributed by atoms with E-state index in [2.05, 4.69) is 20.8 Å². The molecule has 2 aromatic carbocycles. The van der Waals surface area contributed by atoms with E-state index in [4.69, 9.17) is 0 Å². The van der Waals surface area contributed by atoms with Gasteiger partial charge in [0.15, 0.2) is 5.78 Å². The molecule has 4 heteroatoms. The van der Waals surface area contributed by atoms with E-state index in [1.165, 1.54) is 0 Å². The van der Waals surface area contributed by atoms with Crippen LogP contribution in [0.3, 0.4) is 0 Å². The van der Waals surface area contributed by atoms with Crippen molar-refractivity contribution in [2.45, 2.75) is 18.4 Å². The molecule has 3 nitrogen and oxygen atoms in total. The second kappa shape index (κ2) is 6.95. The van der Waals surface area contributed by atoms with Crippen molar-refractivity contribution < 1.29 is 9.90 Å². The van der Waals surface area contributed by atoms with Crippen molar-refractivity contribution in [2.75, 3.05) is 19.6 Å². The van der Waals surface area contributed by atoms with E-state index in [0.29, 0.717) is 19.4 Å². The number of halogens is 1. The smallest absolute Gasteiger partial charge is 0.176 e. The van der Waals surface area contributed by atoms with Crippen LogP contribution in [0.1, 0.15) is 28.8 Å². The fourth-order valence-electron chi connectivity index (χ4n) is 3.05. The predicted octanol–water partition coefficient (Wildman–Crippen LogP) is 3.62. The lowest BCUT2D eigenvalue weighted by Crippen LogP contribution is -2.44. The maximum atomic E-state index is 12.3. The van der Waals surface area contributed by atoms with Gasteiger partial charge in [-0.1, -0.05) is 58.4 Å². The van der Waals surface area contributed by atoms with Gasteiger partial charge in [0.2, 0.25) is 0 Å². The topological polar surface area (TPSA) is 40.5 Å². The zero-order valence-corrected chi connectivity index (χ0v) is 14.5. The summed E-state index contributed by atoms with van der Waals surface area (Å²) >= 11 is 3.38. The number of hydrogen-bond donors (Lipinski definition) is 1. The molecule has 23 heavy (non-hydrogen) atoms. The molecule has 0 amide bonds. The highest BCUT2D eigenvalue weighted by atomic mass is 79.9. The summed E-state index contributed by atoms with van der Waals surface area (Å²) in [6, 6.07) is 17.3. The van der Waals surface area contributed by atoms with Gasteiger partial charge in [0, 0.05) is 23.1 Å². The maximum absolute atomic E-state index is 12.3. The summed E-state index contributed by atoms with van der Waals surface area (Å²) in [4.78, 5) is 14.5. The summed E-state index contributed by atoms with van der Waals surface area (Å²) in [5.74, 6) is 0.127. The highest BCUT2D eigenvalue weighted by Gasteiger charge is 2.34. The van der Waals surface area contributed by atoms with Gasteiger partial charge in [0.1, 0.15) is 0 Å². The van der Waals surface area contributed by atoms with Gasteiger partial charge >= 0.3 is 0 Å². The number of piperidine rings is 1. The third-order valence-corrected chi connectivity index (χ3v) is 5.06. The Morgan fingerprint density at radius 1 is 1.04 bits per heavy atom. The summed E-state index contributed by atoms with van der Waals surface area (Å²) in [7, 11) is 0. The number of nitrogens with zero attached hydrogens (tertiary/aromatic N) is 1. The average molecular weight is 374 g/mol. The van der Waals surface area contributed by atoms with Gasteiger partial charge in [-0.15, -0.1) is 0 Å². The Balaban J connectivity index is 1.59. The summed E-state index contributed by atoms with van der Waals surface area (Å²) < 4.78 is 0.972. The van der Waals surface area contributed by atoms with Crippen LogP contribution in [0.5, 0.6) is 0 Å². The van der Waals surface area contributed by atoms with Crippen LogP contribution in [0.15, 0.2) is 59.1 Å². The number of carbonyl (C=O) groups excluding carboxylic acids is 1.